The van der Waals surface area contributed by atoms with Gasteiger partial charge in [-0.15, -0.1) is 0 Å². The van der Waals surface area contributed by atoms with Gasteiger partial charge in [0, 0.05) is 18.2 Å². The van der Waals surface area contributed by atoms with Gasteiger partial charge in [-0.1, -0.05) is 20.8 Å². The summed E-state index contributed by atoms with van der Waals surface area (Å²) in [4.78, 5) is 19.7. The van der Waals surface area contributed by atoms with E-state index in [9.17, 15) is 4.79 Å². The fourth-order valence-electron chi connectivity index (χ4n) is 2.19. The van der Waals surface area contributed by atoms with Gasteiger partial charge in [0.05, 0.1) is 17.0 Å². The van der Waals surface area contributed by atoms with Crippen molar-refractivity contribution < 1.29 is 0 Å². The maximum atomic E-state index is 12.2. The molecule has 2 aromatic rings. The third-order valence-electron chi connectivity index (χ3n) is 3.32. The SMILES string of the molecule is Cc1nn(C)c(C)c1-c1nc(C(C)(C)C)c(I)c(=O)[nH]1. The van der Waals surface area contributed by atoms with Gasteiger partial charge in [0.15, 0.2) is 0 Å². The Balaban J connectivity index is 2.77. The summed E-state index contributed by atoms with van der Waals surface area (Å²) >= 11 is 2.06. The molecule has 0 bridgehead atoms. The van der Waals surface area contributed by atoms with Crippen LogP contribution in [0, 0.1) is 17.4 Å². The maximum absolute atomic E-state index is 12.2. The molecule has 2 aromatic heterocycles. The second kappa shape index (κ2) is 4.98. The molecule has 0 aromatic carbocycles. The molecule has 0 aliphatic rings. The van der Waals surface area contributed by atoms with Crippen molar-refractivity contribution in [2.75, 3.05) is 0 Å². The molecular weight excluding hydrogens is 367 g/mol. The van der Waals surface area contributed by atoms with Crippen molar-refractivity contribution in [2.24, 2.45) is 7.05 Å². The van der Waals surface area contributed by atoms with Crippen LogP contribution in [-0.4, -0.2) is 19.7 Å². The monoisotopic (exact) mass is 386 g/mol. The highest BCUT2D eigenvalue weighted by molar-refractivity contribution is 14.1. The van der Waals surface area contributed by atoms with E-state index in [1.807, 2.05) is 20.9 Å². The molecule has 0 saturated heterocycles. The molecule has 1 N–H and O–H groups in total. The Kier molecular flexibility index (Phi) is 3.79. The summed E-state index contributed by atoms with van der Waals surface area (Å²) in [6.45, 7) is 10.1. The normalized spacial score (nSPS) is 11.9. The molecule has 2 rings (SSSR count). The van der Waals surface area contributed by atoms with E-state index >= 15 is 0 Å². The van der Waals surface area contributed by atoms with Gasteiger partial charge in [0.1, 0.15) is 9.39 Å². The molecular formula is C14H19IN4O. The lowest BCUT2D eigenvalue weighted by Gasteiger charge is -2.19. The fraction of sp³-hybridized carbons (Fsp3) is 0.500. The molecule has 20 heavy (non-hydrogen) atoms. The average Bonchev–Trinajstić information content (AvgIpc) is 2.55. The van der Waals surface area contributed by atoms with E-state index in [1.165, 1.54) is 0 Å². The summed E-state index contributed by atoms with van der Waals surface area (Å²) in [5.41, 5.74) is 3.32. The van der Waals surface area contributed by atoms with E-state index in [1.54, 1.807) is 4.68 Å². The maximum Gasteiger partial charge on any atom is 0.264 e. The number of aromatic amines is 1. The molecule has 0 radical (unpaired) electrons. The van der Waals surface area contributed by atoms with Crippen molar-refractivity contribution in [3.8, 4) is 11.4 Å². The number of aromatic nitrogens is 4. The number of hydrogen-bond donors (Lipinski definition) is 1. The first-order valence-corrected chi connectivity index (χ1v) is 7.51. The summed E-state index contributed by atoms with van der Waals surface area (Å²) in [6, 6.07) is 0. The van der Waals surface area contributed by atoms with E-state index in [2.05, 4.69) is 53.4 Å². The van der Waals surface area contributed by atoms with Crippen LogP contribution in [0.25, 0.3) is 11.4 Å². The molecule has 5 nitrogen and oxygen atoms in total. The smallest absolute Gasteiger partial charge is 0.264 e. The second-order valence-electron chi connectivity index (χ2n) is 6.00. The molecule has 6 heteroatoms. The van der Waals surface area contributed by atoms with Crippen LogP contribution in [-0.2, 0) is 12.5 Å². The van der Waals surface area contributed by atoms with E-state index in [4.69, 9.17) is 4.98 Å². The predicted molar refractivity (Wildman–Crippen MR) is 88.0 cm³/mol. The summed E-state index contributed by atoms with van der Waals surface area (Å²) in [6.07, 6.45) is 0. The molecule has 0 aliphatic heterocycles. The fourth-order valence-corrected chi connectivity index (χ4v) is 3.25. The third-order valence-corrected chi connectivity index (χ3v) is 4.32. The minimum Gasteiger partial charge on any atom is -0.305 e. The number of hydrogen-bond acceptors (Lipinski definition) is 3. The van der Waals surface area contributed by atoms with Gasteiger partial charge in [0.2, 0.25) is 0 Å². The number of nitrogens with zero attached hydrogens (tertiary/aromatic N) is 3. The molecule has 0 spiro atoms. The summed E-state index contributed by atoms with van der Waals surface area (Å²) in [5.74, 6) is 0.600. The Morgan fingerprint density at radius 1 is 1.25 bits per heavy atom. The van der Waals surface area contributed by atoms with Crippen molar-refractivity contribution in [3.63, 3.8) is 0 Å². The standard InChI is InChI=1S/C14H19IN4O/c1-7-9(8(2)19(6)18-7)12-16-11(14(3,4)5)10(15)13(20)17-12/h1-6H3,(H,16,17,20). The van der Waals surface area contributed by atoms with E-state index in [-0.39, 0.29) is 11.0 Å². The van der Waals surface area contributed by atoms with Crippen LogP contribution in [0.5, 0.6) is 0 Å². The summed E-state index contributed by atoms with van der Waals surface area (Å²) < 4.78 is 2.46. The average molecular weight is 386 g/mol. The largest absolute Gasteiger partial charge is 0.305 e. The van der Waals surface area contributed by atoms with Crippen molar-refractivity contribution in [1.82, 2.24) is 19.7 Å². The first-order chi connectivity index (χ1) is 9.12. The molecule has 0 atom stereocenters. The van der Waals surface area contributed by atoms with Crippen molar-refractivity contribution in [2.45, 2.75) is 40.0 Å². The lowest BCUT2D eigenvalue weighted by Crippen LogP contribution is -2.24. The quantitative estimate of drug-likeness (QED) is 0.767. The zero-order valence-corrected chi connectivity index (χ0v) is 14.8. The molecule has 0 unspecified atom stereocenters. The molecule has 2 heterocycles. The van der Waals surface area contributed by atoms with Crippen LogP contribution >= 0.6 is 22.6 Å². The minimum absolute atomic E-state index is 0.0943. The molecule has 108 valence electrons. The molecule has 0 amide bonds. The second-order valence-corrected chi connectivity index (χ2v) is 7.08. The number of nitrogens with one attached hydrogen (secondary N) is 1. The van der Waals surface area contributed by atoms with Crippen LogP contribution in [0.15, 0.2) is 4.79 Å². The van der Waals surface area contributed by atoms with Crippen LogP contribution in [0.1, 0.15) is 37.9 Å². The highest BCUT2D eigenvalue weighted by Gasteiger charge is 2.24. The Morgan fingerprint density at radius 2 is 1.85 bits per heavy atom. The Morgan fingerprint density at radius 3 is 2.30 bits per heavy atom. The van der Waals surface area contributed by atoms with Gasteiger partial charge < -0.3 is 4.98 Å². The number of H-pyrrole nitrogens is 1. The van der Waals surface area contributed by atoms with Gasteiger partial charge >= 0.3 is 0 Å². The topological polar surface area (TPSA) is 63.6 Å². The zero-order chi connectivity index (χ0) is 15.2. The van der Waals surface area contributed by atoms with Crippen LogP contribution in [0.3, 0.4) is 0 Å². The van der Waals surface area contributed by atoms with Crippen LogP contribution in [0.4, 0.5) is 0 Å². The number of rotatable bonds is 1. The third kappa shape index (κ3) is 2.53. The van der Waals surface area contributed by atoms with E-state index in [0.29, 0.717) is 9.39 Å². The van der Waals surface area contributed by atoms with Gasteiger partial charge in [-0.2, -0.15) is 5.10 Å². The lowest BCUT2D eigenvalue weighted by molar-refractivity contribution is 0.562. The van der Waals surface area contributed by atoms with Crippen molar-refractivity contribution in [3.05, 3.63) is 31.0 Å². The Labute approximate surface area is 132 Å². The van der Waals surface area contributed by atoms with Crippen LogP contribution < -0.4 is 5.56 Å². The highest BCUT2D eigenvalue weighted by Crippen LogP contribution is 2.27. The highest BCUT2D eigenvalue weighted by atomic mass is 127. The van der Waals surface area contributed by atoms with Gasteiger partial charge in [-0.3, -0.25) is 9.48 Å². The first kappa shape index (κ1) is 15.2. The lowest BCUT2D eigenvalue weighted by atomic mass is 9.92. The molecule has 0 saturated carbocycles. The van der Waals surface area contributed by atoms with Gasteiger partial charge in [-0.25, -0.2) is 4.98 Å². The van der Waals surface area contributed by atoms with Gasteiger partial charge in [-0.05, 0) is 36.4 Å². The summed E-state index contributed by atoms with van der Waals surface area (Å²) in [7, 11) is 1.89. The van der Waals surface area contributed by atoms with Gasteiger partial charge in [0.25, 0.3) is 5.56 Å². The van der Waals surface area contributed by atoms with Crippen molar-refractivity contribution >= 4 is 22.6 Å². The van der Waals surface area contributed by atoms with Crippen LogP contribution in [0.2, 0.25) is 0 Å². The Bertz CT molecular complexity index is 722. The number of halogens is 1. The predicted octanol–water partition coefficient (Wildman–Crippen LogP) is 2.69. The Hall–Kier alpha value is -1.18. The first-order valence-electron chi connectivity index (χ1n) is 6.43. The molecule has 0 aliphatic carbocycles. The van der Waals surface area contributed by atoms with Crippen molar-refractivity contribution in [1.29, 1.82) is 0 Å². The number of aryl methyl sites for hydroxylation is 2. The van der Waals surface area contributed by atoms with E-state index < -0.39 is 0 Å². The van der Waals surface area contributed by atoms with E-state index in [0.717, 1.165) is 22.6 Å². The minimum atomic E-state index is -0.177. The summed E-state index contributed by atoms with van der Waals surface area (Å²) in [5, 5.41) is 4.38. The molecule has 0 fully saturated rings. The zero-order valence-electron chi connectivity index (χ0n) is 12.6.